The summed E-state index contributed by atoms with van der Waals surface area (Å²) in [5.41, 5.74) is 3.23. The number of hydrogen-bond donors (Lipinski definition) is 4. The van der Waals surface area contributed by atoms with Crippen LogP contribution < -0.4 is 19.9 Å². The molecule has 4 aliphatic rings. The van der Waals surface area contributed by atoms with Crippen LogP contribution in [0.3, 0.4) is 0 Å². The summed E-state index contributed by atoms with van der Waals surface area (Å²) in [7, 11) is 2.59. The molecule has 74 heavy (non-hydrogen) atoms. The number of aldehydes is 1. The summed E-state index contributed by atoms with van der Waals surface area (Å²) < 4.78 is 5.45. The second kappa shape index (κ2) is 33.0. The standard InChI is InChI=1S/C25H26ClN5O2.C24H44N6O6.C2H3N.CH4O/c1-3-22(32)29-12-14-30(15-13-29)24-18-10-11-31(16-20(18)27-25(28-24)33-2)21-9-5-7-17-6-4-8-19(26)23(17)21;31-18-17-27-9-11-29(20-23(33)34)15-13-28(14-16-30(12-10-27)21-24(35)36)19-22(32)25-5-1-2-6-26-7-3-4-8-26;1-2-3;1-2/h3-9H,1,10-16H2,2H3;18H,1-17,19-21H2,(H,25,32)(H,33,34)(H,35,36);1H3;2H,1H3. The number of anilines is 2. The van der Waals surface area contributed by atoms with E-state index in [4.69, 9.17) is 36.7 Å². The van der Waals surface area contributed by atoms with Crippen molar-refractivity contribution in [2.75, 3.05) is 161 Å². The highest BCUT2D eigenvalue weighted by Gasteiger charge is 2.29. The Morgan fingerprint density at radius 2 is 1.34 bits per heavy atom. The summed E-state index contributed by atoms with van der Waals surface area (Å²) in [6.07, 6.45) is 7.54. The molecular formula is C52H77ClN12O9. The molecule has 0 spiro atoms. The SMILES string of the molecule is C=CC(=O)N1CCN(c2nc(OC)nc3c2CCN(c2cccc4cccc(Cl)c24)C3)CC1.CC#N.CO.O=CCN1CCN(CC(=O)O)CCN(CC(=O)NCCCCN2CCCC2)CCN(CC(=O)O)CC1. The molecule has 5 heterocycles. The number of aliphatic carboxylic acids is 2. The van der Waals surface area contributed by atoms with Crippen LogP contribution in [-0.2, 0) is 36.9 Å². The number of methoxy groups -OCH3 is 1. The first kappa shape index (κ1) is 60.6. The van der Waals surface area contributed by atoms with Crippen molar-refractivity contribution in [3.05, 3.63) is 65.3 Å². The third kappa shape index (κ3) is 19.7. The predicted molar refractivity (Wildman–Crippen MR) is 286 cm³/mol. The molecule has 0 aliphatic carbocycles. The Hall–Kier alpha value is -5.99. The first-order valence-electron chi connectivity index (χ1n) is 25.4. The van der Waals surface area contributed by atoms with Gasteiger partial charge in [0, 0.05) is 122 Å². The topological polar surface area (TPSA) is 243 Å². The number of fused-ring (bicyclic) bond motifs is 2. The number of aromatic nitrogens is 2. The summed E-state index contributed by atoms with van der Waals surface area (Å²) in [4.78, 5) is 84.1. The van der Waals surface area contributed by atoms with Crippen LogP contribution in [0.4, 0.5) is 11.5 Å². The molecule has 4 aliphatic heterocycles. The number of hydrogen-bond acceptors (Lipinski definition) is 17. The number of nitrogens with zero attached hydrogens (tertiary/aromatic N) is 11. The molecule has 1 aromatic heterocycles. The summed E-state index contributed by atoms with van der Waals surface area (Å²) in [5.74, 6) is -1.03. The van der Waals surface area contributed by atoms with E-state index in [-0.39, 0.29) is 38.0 Å². The lowest BCUT2D eigenvalue weighted by atomic mass is 10.0. The van der Waals surface area contributed by atoms with E-state index in [1.165, 1.54) is 38.9 Å². The number of aliphatic hydroxyl groups is 1. The van der Waals surface area contributed by atoms with Gasteiger partial charge in [-0.2, -0.15) is 15.2 Å². The van der Waals surface area contributed by atoms with E-state index < -0.39 is 11.9 Å². The van der Waals surface area contributed by atoms with E-state index in [0.717, 1.165) is 97.4 Å². The van der Waals surface area contributed by atoms with Crippen LogP contribution in [0, 0.1) is 11.3 Å². The Balaban J connectivity index is 0.000000295. The number of carboxylic acid groups (broad SMARTS) is 2. The van der Waals surface area contributed by atoms with Crippen molar-refractivity contribution in [1.29, 1.82) is 5.26 Å². The van der Waals surface area contributed by atoms with E-state index in [1.54, 1.807) is 13.2 Å². The number of unbranched alkanes of at least 4 members (excludes halogenated alkanes) is 1. The first-order chi connectivity index (χ1) is 35.8. The zero-order valence-corrected chi connectivity index (χ0v) is 44.3. The number of carboxylic acids is 2. The van der Waals surface area contributed by atoms with Crippen LogP contribution in [0.5, 0.6) is 6.01 Å². The Morgan fingerprint density at radius 3 is 1.89 bits per heavy atom. The molecule has 21 nitrogen and oxygen atoms in total. The maximum atomic E-state index is 12.6. The fourth-order valence-electron chi connectivity index (χ4n) is 9.43. The van der Waals surface area contributed by atoms with Gasteiger partial charge in [0.15, 0.2) is 0 Å². The molecule has 0 radical (unpaired) electrons. The summed E-state index contributed by atoms with van der Waals surface area (Å²) in [5, 5.41) is 38.9. The van der Waals surface area contributed by atoms with Crippen molar-refractivity contribution in [3.8, 4) is 12.1 Å². The van der Waals surface area contributed by atoms with Gasteiger partial charge >= 0.3 is 17.9 Å². The van der Waals surface area contributed by atoms with Crippen LogP contribution in [-0.4, -0.2) is 236 Å². The third-order valence-corrected chi connectivity index (χ3v) is 13.5. The smallest absolute Gasteiger partial charge is 0.318 e. The molecule has 0 bridgehead atoms. The Morgan fingerprint density at radius 1 is 0.770 bits per heavy atom. The van der Waals surface area contributed by atoms with Crippen molar-refractivity contribution in [1.82, 2.24) is 44.7 Å². The van der Waals surface area contributed by atoms with Gasteiger partial charge in [-0.15, -0.1) is 0 Å². The number of likely N-dealkylation sites (tertiary alicyclic amines) is 1. The van der Waals surface area contributed by atoms with Gasteiger partial charge in [0.05, 0.1) is 56.6 Å². The monoisotopic (exact) mass is 1050 g/mol. The molecular weight excluding hydrogens is 972 g/mol. The van der Waals surface area contributed by atoms with Crippen molar-refractivity contribution in [2.45, 2.75) is 45.6 Å². The number of rotatable bonds is 17. The Kier molecular flexibility index (Phi) is 27.0. The molecule has 0 unspecified atom stereocenters. The van der Waals surface area contributed by atoms with Gasteiger partial charge in [-0.1, -0.05) is 42.4 Å². The zero-order chi connectivity index (χ0) is 53.8. The maximum Gasteiger partial charge on any atom is 0.318 e. The highest BCUT2D eigenvalue weighted by Crippen LogP contribution is 2.37. The minimum Gasteiger partial charge on any atom is -0.480 e. The molecule has 7 rings (SSSR count). The van der Waals surface area contributed by atoms with Crippen LogP contribution >= 0.6 is 11.6 Å². The van der Waals surface area contributed by atoms with E-state index in [0.29, 0.717) is 84.5 Å². The molecule has 3 fully saturated rings. The van der Waals surface area contributed by atoms with E-state index in [2.05, 4.69) is 50.9 Å². The molecule has 22 heteroatoms. The van der Waals surface area contributed by atoms with Gasteiger partial charge in [-0.05, 0) is 75.3 Å². The molecule has 3 aromatic rings. The third-order valence-electron chi connectivity index (χ3n) is 13.2. The molecule has 0 saturated carbocycles. The lowest BCUT2D eigenvalue weighted by Crippen LogP contribution is -2.49. The van der Waals surface area contributed by atoms with Crippen molar-refractivity contribution < 1.29 is 44.0 Å². The number of carbonyl (C=O) groups excluding carboxylic acids is 3. The van der Waals surface area contributed by atoms with Gasteiger partial charge in [0.25, 0.3) is 0 Å². The molecule has 3 saturated heterocycles. The Bertz CT molecular complexity index is 2270. The Labute approximate surface area is 440 Å². The highest BCUT2D eigenvalue weighted by molar-refractivity contribution is 6.36. The molecule has 2 aromatic carbocycles. The van der Waals surface area contributed by atoms with E-state index in [9.17, 15) is 34.2 Å². The largest absolute Gasteiger partial charge is 0.480 e. The highest BCUT2D eigenvalue weighted by atomic mass is 35.5. The quantitative estimate of drug-likeness (QED) is 0.0862. The summed E-state index contributed by atoms with van der Waals surface area (Å²) in [6.45, 7) is 17.3. The number of halogens is 1. The second-order valence-electron chi connectivity index (χ2n) is 18.2. The first-order valence-corrected chi connectivity index (χ1v) is 25.8. The van der Waals surface area contributed by atoms with Gasteiger partial charge in [0.1, 0.15) is 12.1 Å². The predicted octanol–water partition coefficient (Wildman–Crippen LogP) is 2.40. The van der Waals surface area contributed by atoms with E-state index in [1.807, 2.05) is 36.6 Å². The minimum absolute atomic E-state index is 0.0265. The fourth-order valence-corrected chi connectivity index (χ4v) is 9.71. The van der Waals surface area contributed by atoms with Gasteiger partial charge in [-0.3, -0.25) is 38.8 Å². The zero-order valence-electron chi connectivity index (χ0n) is 43.5. The number of nitrogens with one attached hydrogen (secondary N) is 1. The number of amides is 2. The van der Waals surface area contributed by atoms with Crippen LogP contribution in [0.25, 0.3) is 10.8 Å². The number of benzene rings is 2. The normalized spacial score (nSPS) is 17.3. The number of aliphatic hydroxyl groups excluding tert-OH is 1. The lowest BCUT2D eigenvalue weighted by molar-refractivity contribution is -0.139. The second-order valence-corrected chi connectivity index (χ2v) is 18.6. The summed E-state index contributed by atoms with van der Waals surface area (Å²) >= 11 is 6.59. The minimum atomic E-state index is -0.921. The molecule has 0 atom stereocenters. The van der Waals surface area contributed by atoms with Crippen molar-refractivity contribution in [3.63, 3.8) is 0 Å². The number of nitriles is 1. The van der Waals surface area contributed by atoms with Crippen LogP contribution in [0.2, 0.25) is 5.02 Å². The number of carbonyl (C=O) groups is 5. The molecule has 406 valence electrons. The summed E-state index contributed by atoms with van der Waals surface area (Å²) in [6, 6.07) is 14.4. The van der Waals surface area contributed by atoms with Gasteiger partial charge in [0.2, 0.25) is 11.8 Å². The van der Waals surface area contributed by atoms with Crippen molar-refractivity contribution >= 4 is 63.9 Å². The van der Waals surface area contributed by atoms with Crippen LogP contribution in [0.1, 0.15) is 43.9 Å². The lowest BCUT2D eigenvalue weighted by Gasteiger charge is -2.38. The molecule has 2 amide bonds. The van der Waals surface area contributed by atoms with Gasteiger partial charge < -0.3 is 49.8 Å². The van der Waals surface area contributed by atoms with E-state index >= 15 is 0 Å². The number of piperazine rings is 1. The fraction of sp³-hybridized carbons (Fsp3) is 0.577. The average molecular weight is 1050 g/mol. The molecule has 4 N–H and O–H groups in total. The number of ether oxygens (including phenoxy) is 1. The van der Waals surface area contributed by atoms with Crippen molar-refractivity contribution in [2.24, 2.45) is 0 Å². The maximum absolute atomic E-state index is 12.6. The van der Waals surface area contributed by atoms with Crippen LogP contribution in [0.15, 0.2) is 49.1 Å². The van der Waals surface area contributed by atoms with Gasteiger partial charge in [-0.25, -0.2) is 0 Å². The average Bonchev–Trinajstić information content (AvgIpc) is 3.93.